The van der Waals surface area contributed by atoms with E-state index in [0.717, 1.165) is 59.7 Å². The van der Waals surface area contributed by atoms with E-state index in [2.05, 4.69) is 10.3 Å². The average molecular weight is 453 g/mol. The molecule has 2 amide bonds. The monoisotopic (exact) mass is 452 g/mol. The number of hydrogen-bond donors (Lipinski definition) is 1. The molecule has 0 atom stereocenters. The van der Waals surface area contributed by atoms with E-state index in [1.165, 1.54) is 0 Å². The second-order valence-electron chi connectivity index (χ2n) is 10.0. The molecule has 1 saturated carbocycles. The van der Waals surface area contributed by atoms with Crippen LogP contribution in [0.5, 0.6) is 0 Å². The zero-order valence-electron chi connectivity index (χ0n) is 19.5. The molecule has 6 nitrogen and oxygen atoms in total. The average Bonchev–Trinajstić information content (AvgIpc) is 3.40. The summed E-state index contributed by atoms with van der Waals surface area (Å²) in [4.78, 5) is 32.9. The van der Waals surface area contributed by atoms with E-state index in [1.54, 1.807) is 0 Å². The van der Waals surface area contributed by atoms with Crippen LogP contribution in [-0.2, 0) is 7.05 Å². The third-order valence-corrected chi connectivity index (χ3v) is 7.72. The molecule has 2 aromatic carbocycles. The van der Waals surface area contributed by atoms with E-state index in [-0.39, 0.29) is 23.3 Å². The Kier molecular flexibility index (Phi) is 4.73. The molecule has 4 aromatic rings. The van der Waals surface area contributed by atoms with Crippen LogP contribution in [0, 0.1) is 12.3 Å². The molecule has 1 saturated heterocycles. The number of aryl methyl sites for hydroxylation is 2. The summed E-state index contributed by atoms with van der Waals surface area (Å²) in [5, 5.41) is 5.34. The molecule has 6 rings (SSSR count). The van der Waals surface area contributed by atoms with E-state index in [9.17, 15) is 9.59 Å². The minimum atomic E-state index is -0.0273. The van der Waals surface area contributed by atoms with Gasteiger partial charge in [0.25, 0.3) is 11.8 Å². The molecule has 1 aliphatic carbocycles. The molecule has 34 heavy (non-hydrogen) atoms. The van der Waals surface area contributed by atoms with E-state index < -0.39 is 0 Å². The Bertz CT molecular complexity index is 1450. The maximum Gasteiger partial charge on any atom is 0.272 e. The summed E-state index contributed by atoms with van der Waals surface area (Å²) in [6, 6.07) is 20.1. The standard InChI is InChI=1S/C28H28N4O2/c1-18-13-19-7-3-5-9-22(19)30-25(18)27(34)32-12-11-28(17-32)15-21(16-28)29-26(33)24-14-20-8-4-6-10-23(20)31(24)2/h3-10,13-14,21H,11-12,15-17H2,1-2H3,(H,29,33). The predicted molar refractivity (Wildman–Crippen MR) is 133 cm³/mol. The van der Waals surface area contributed by atoms with Crippen molar-refractivity contribution in [3.8, 4) is 0 Å². The number of nitrogens with zero attached hydrogens (tertiary/aromatic N) is 3. The number of benzene rings is 2. The molecule has 1 aliphatic heterocycles. The first-order valence-corrected chi connectivity index (χ1v) is 11.9. The fourth-order valence-electron chi connectivity index (χ4n) is 5.88. The number of rotatable bonds is 3. The van der Waals surface area contributed by atoms with Crippen molar-refractivity contribution in [3.05, 3.63) is 77.6 Å². The summed E-state index contributed by atoms with van der Waals surface area (Å²) in [6.07, 6.45) is 2.80. The Hall–Kier alpha value is -3.67. The van der Waals surface area contributed by atoms with Gasteiger partial charge in [0.05, 0.1) is 5.52 Å². The molecule has 2 fully saturated rings. The molecule has 2 aromatic heterocycles. The molecule has 2 aliphatic rings. The second-order valence-corrected chi connectivity index (χ2v) is 10.0. The van der Waals surface area contributed by atoms with Crippen molar-refractivity contribution in [1.29, 1.82) is 0 Å². The lowest BCUT2D eigenvalue weighted by molar-refractivity contribution is 0.0604. The van der Waals surface area contributed by atoms with Crippen molar-refractivity contribution < 1.29 is 9.59 Å². The van der Waals surface area contributed by atoms with Crippen LogP contribution in [0.4, 0.5) is 0 Å². The van der Waals surface area contributed by atoms with Crippen LogP contribution in [0.3, 0.4) is 0 Å². The van der Waals surface area contributed by atoms with E-state index in [1.807, 2.05) is 84.1 Å². The van der Waals surface area contributed by atoms with Crippen LogP contribution in [0.15, 0.2) is 60.7 Å². The molecule has 6 heteroatoms. The summed E-state index contributed by atoms with van der Waals surface area (Å²) < 4.78 is 1.95. The fraction of sp³-hybridized carbons (Fsp3) is 0.321. The lowest BCUT2D eigenvalue weighted by Gasteiger charge is -2.45. The van der Waals surface area contributed by atoms with Crippen molar-refractivity contribution in [2.24, 2.45) is 12.5 Å². The first kappa shape index (κ1) is 20.9. The maximum absolute atomic E-state index is 13.3. The zero-order valence-corrected chi connectivity index (χ0v) is 19.5. The van der Waals surface area contributed by atoms with Gasteiger partial charge in [-0.15, -0.1) is 0 Å². The van der Waals surface area contributed by atoms with Crippen LogP contribution in [0.1, 0.15) is 45.8 Å². The minimum absolute atomic E-state index is 0.0168. The Labute approximate surface area is 198 Å². The summed E-state index contributed by atoms with van der Waals surface area (Å²) in [5.74, 6) is -0.0106. The number of hydrogen-bond acceptors (Lipinski definition) is 3. The molecular formula is C28H28N4O2. The highest BCUT2D eigenvalue weighted by atomic mass is 16.2. The molecule has 0 unspecified atom stereocenters. The summed E-state index contributed by atoms with van der Waals surface area (Å²) in [7, 11) is 1.93. The molecule has 1 N–H and O–H groups in total. The first-order chi connectivity index (χ1) is 16.4. The summed E-state index contributed by atoms with van der Waals surface area (Å²) in [6.45, 7) is 3.44. The summed E-state index contributed by atoms with van der Waals surface area (Å²) in [5.41, 5.74) is 4.17. The number of likely N-dealkylation sites (tertiary alicyclic amines) is 1. The number of carbonyl (C=O) groups excluding carboxylic acids is 2. The number of aromatic nitrogens is 2. The molecule has 1 spiro atoms. The number of nitrogens with one attached hydrogen (secondary N) is 1. The molecule has 172 valence electrons. The highest BCUT2D eigenvalue weighted by molar-refractivity contribution is 5.99. The third kappa shape index (κ3) is 3.36. The van der Waals surface area contributed by atoms with Crippen molar-refractivity contribution in [2.45, 2.75) is 32.2 Å². The molecule has 0 bridgehead atoms. The number of pyridine rings is 1. The van der Waals surface area contributed by atoms with Gasteiger partial charge in [0.2, 0.25) is 0 Å². The van der Waals surface area contributed by atoms with E-state index in [0.29, 0.717) is 11.4 Å². The lowest BCUT2D eigenvalue weighted by Crippen LogP contribution is -2.52. The normalized spacial score (nSPS) is 21.8. The van der Waals surface area contributed by atoms with Crippen molar-refractivity contribution in [3.63, 3.8) is 0 Å². The maximum atomic E-state index is 13.3. The van der Waals surface area contributed by atoms with Gasteiger partial charge in [0.15, 0.2) is 0 Å². The Balaban J connectivity index is 1.11. The topological polar surface area (TPSA) is 67.2 Å². The Morgan fingerprint density at radius 1 is 1.03 bits per heavy atom. The number of amides is 2. The quantitative estimate of drug-likeness (QED) is 0.499. The van der Waals surface area contributed by atoms with Gasteiger partial charge in [-0.2, -0.15) is 0 Å². The highest BCUT2D eigenvalue weighted by Gasteiger charge is 2.50. The van der Waals surface area contributed by atoms with Gasteiger partial charge >= 0.3 is 0 Å². The Morgan fingerprint density at radius 3 is 2.56 bits per heavy atom. The van der Waals surface area contributed by atoms with Crippen LogP contribution in [0.2, 0.25) is 0 Å². The predicted octanol–water partition coefficient (Wildman–Crippen LogP) is 4.46. The Morgan fingerprint density at radius 2 is 1.76 bits per heavy atom. The van der Waals surface area contributed by atoms with Crippen LogP contribution < -0.4 is 5.32 Å². The van der Waals surface area contributed by atoms with Crippen molar-refractivity contribution >= 4 is 33.6 Å². The fourth-order valence-corrected chi connectivity index (χ4v) is 5.88. The summed E-state index contributed by atoms with van der Waals surface area (Å²) >= 11 is 0. The minimum Gasteiger partial charge on any atom is -0.348 e. The van der Waals surface area contributed by atoms with Gasteiger partial charge in [0.1, 0.15) is 11.4 Å². The zero-order chi connectivity index (χ0) is 23.4. The number of para-hydroxylation sites is 2. The SMILES string of the molecule is Cc1cc2ccccc2nc1C(=O)N1CCC2(CC(NC(=O)c3cc4ccccc4n3C)C2)C1. The third-order valence-electron chi connectivity index (χ3n) is 7.72. The van der Waals surface area contributed by atoms with E-state index >= 15 is 0 Å². The van der Waals surface area contributed by atoms with Gasteiger partial charge in [-0.3, -0.25) is 9.59 Å². The number of carbonyl (C=O) groups is 2. The van der Waals surface area contributed by atoms with Crippen LogP contribution in [-0.4, -0.2) is 45.4 Å². The smallest absolute Gasteiger partial charge is 0.272 e. The van der Waals surface area contributed by atoms with Crippen molar-refractivity contribution in [1.82, 2.24) is 19.8 Å². The van der Waals surface area contributed by atoms with Gasteiger partial charge in [-0.1, -0.05) is 36.4 Å². The van der Waals surface area contributed by atoms with Crippen molar-refractivity contribution in [2.75, 3.05) is 13.1 Å². The van der Waals surface area contributed by atoms with Crippen LogP contribution in [0.25, 0.3) is 21.8 Å². The van der Waals surface area contributed by atoms with Gasteiger partial charge in [-0.25, -0.2) is 4.98 Å². The largest absolute Gasteiger partial charge is 0.348 e. The lowest BCUT2D eigenvalue weighted by atomic mass is 9.65. The molecule has 0 radical (unpaired) electrons. The van der Waals surface area contributed by atoms with Crippen LogP contribution >= 0.6 is 0 Å². The molecular weight excluding hydrogens is 424 g/mol. The first-order valence-electron chi connectivity index (χ1n) is 11.9. The second kappa shape index (κ2) is 7.69. The van der Waals surface area contributed by atoms with Gasteiger partial charge in [-0.05, 0) is 61.4 Å². The van der Waals surface area contributed by atoms with Gasteiger partial charge in [0, 0.05) is 42.5 Å². The van der Waals surface area contributed by atoms with Gasteiger partial charge < -0.3 is 14.8 Å². The number of fused-ring (bicyclic) bond motifs is 2. The van der Waals surface area contributed by atoms with E-state index in [4.69, 9.17) is 0 Å². The highest BCUT2D eigenvalue weighted by Crippen LogP contribution is 2.48. The molecule has 3 heterocycles.